The van der Waals surface area contributed by atoms with E-state index in [9.17, 15) is 62.7 Å². The number of Topliss-reactive ketones (excluding diaryl/α,β-unsaturated/α-hetero) is 4. The SMILES string of the molecule is COC(C)(C)P(=O)(O)OC[C@H]1O[C@@H](n2cnc3c(N)ncnc32)C[C@@H]1O[P+](O)(O)OC[C@@H]1C[C@@H](O)CN1C(=O)CCCCCCC(=O)NC(COCCC(=O)CCCCCC(=O)CCCCO)(COCCC(=O)CCCCNC(=O)CCCCO)COCCC(=O)NCCCCC(=O)CCCCO. The zero-order chi connectivity index (χ0) is 75.5. The fraction of sp³-hybridized carbons (Fsp3) is 0.809. The number of nitrogens with one attached hydrogen (secondary N) is 3. The molecule has 12 N–H and O–H groups in total. The Kier molecular flexibility index (Phi) is 43.7. The number of ketones is 4. The predicted octanol–water partition coefficient (Wildman–Crippen LogP) is 5.01. The fourth-order valence-corrected chi connectivity index (χ4v) is 13.4. The molecule has 0 aliphatic carbocycles. The van der Waals surface area contributed by atoms with Gasteiger partial charge in [0.2, 0.25) is 23.6 Å². The Hall–Kier alpha value is -5.03. The molecular formula is C68H118N9O24P2+. The van der Waals surface area contributed by atoms with E-state index in [1.54, 1.807) is 0 Å². The van der Waals surface area contributed by atoms with Crippen molar-refractivity contribution < 1.29 is 115 Å². The number of anilines is 1. The second-order valence-electron chi connectivity index (χ2n) is 27.0. The van der Waals surface area contributed by atoms with Crippen LogP contribution in [0.2, 0.25) is 0 Å². The van der Waals surface area contributed by atoms with E-state index in [2.05, 4.69) is 30.9 Å². The second-order valence-corrected chi connectivity index (χ2v) is 30.8. The Morgan fingerprint density at radius 3 is 1.65 bits per heavy atom. The molecular weight excluding hydrogens is 1390 g/mol. The maximum absolute atomic E-state index is 14.0. The van der Waals surface area contributed by atoms with Gasteiger partial charge >= 0.3 is 15.8 Å². The van der Waals surface area contributed by atoms with Gasteiger partial charge in [0.1, 0.15) is 65.6 Å². The molecule has 103 heavy (non-hydrogen) atoms. The van der Waals surface area contributed by atoms with Gasteiger partial charge in [-0.25, -0.2) is 15.0 Å². The minimum atomic E-state index is -4.75. The lowest BCUT2D eigenvalue weighted by atomic mass is 10.0. The van der Waals surface area contributed by atoms with Crippen molar-refractivity contribution >= 4 is 79.5 Å². The summed E-state index contributed by atoms with van der Waals surface area (Å²) in [6.45, 7) is 1.83. The largest absolute Gasteiger partial charge is 0.570 e. The molecule has 2 saturated heterocycles. The highest BCUT2D eigenvalue weighted by Gasteiger charge is 2.52. The van der Waals surface area contributed by atoms with E-state index < -0.39 is 76.3 Å². The topological polar surface area (TPSA) is 478 Å². The number of carbonyl (C=O) groups excluding carboxylic acids is 8. The van der Waals surface area contributed by atoms with Crippen molar-refractivity contribution in [3.05, 3.63) is 12.7 Å². The van der Waals surface area contributed by atoms with Crippen LogP contribution in [0.15, 0.2) is 12.7 Å². The van der Waals surface area contributed by atoms with Crippen LogP contribution in [0.25, 0.3) is 11.2 Å². The summed E-state index contributed by atoms with van der Waals surface area (Å²) in [4.78, 5) is 150. The average Bonchev–Trinajstić information content (AvgIpc) is 1.63. The third-order valence-electron chi connectivity index (χ3n) is 17.9. The number of aliphatic hydroxyl groups excluding tert-OH is 4. The molecule has 7 atom stereocenters. The van der Waals surface area contributed by atoms with E-state index in [0.717, 1.165) is 0 Å². The molecule has 4 heterocycles. The number of hydrogen-bond acceptors (Lipinski definition) is 27. The lowest BCUT2D eigenvalue weighted by Crippen LogP contribution is -2.58. The molecule has 2 unspecified atom stereocenters. The van der Waals surface area contributed by atoms with Crippen LogP contribution in [-0.2, 0) is 80.2 Å². The van der Waals surface area contributed by atoms with Gasteiger partial charge in [0, 0.05) is 130 Å². The standard InChI is InChI=1S/C68H117N9O24P2/c1-67(2,94-3)102(90,91)98-45-58-57(42-63(100-58)77-50-74-64-65(69)72-49-73-66(64)77)101-103(92,93)99-44-51-41-56(85)43-76(51)62(89)29-10-5-4-9-28-61(88)75-68(46-95-38-30-54(83)22-8-6-7-21-52(81)25-13-18-35-78,47-96-39-31-55(84)24-12-17-33-70-59(86)27-15-20-37-80)48-97-40-32-60(87)71-34-16-11-23-53(82)26-14-19-36-79/h49-51,56-58,63,78-80,85,92-93H,4-48H2,1-3H3,(H5-,69,70,71,72,73,75,86,87,88,90,91)/p+1/t51-,56+,57-,58+,63+,68?/m0/s1. The number of carbonyl (C=O) groups is 8. The highest BCUT2D eigenvalue weighted by Crippen LogP contribution is 2.58. The van der Waals surface area contributed by atoms with Crippen molar-refractivity contribution in [2.24, 2.45) is 0 Å². The van der Waals surface area contributed by atoms with Crippen LogP contribution in [0.4, 0.5) is 5.82 Å². The Balaban J connectivity index is 1.36. The van der Waals surface area contributed by atoms with Crippen LogP contribution in [0.1, 0.15) is 219 Å². The zero-order valence-electron chi connectivity index (χ0n) is 60.6. The Morgan fingerprint density at radius 2 is 1.10 bits per heavy atom. The van der Waals surface area contributed by atoms with Crippen molar-refractivity contribution in [1.82, 2.24) is 40.4 Å². The van der Waals surface area contributed by atoms with Crippen molar-refractivity contribution in [3.63, 3.8) is 0 Å². The molecule has 2 aromatic heterocycles. The van der Waals surface area contributed by atoms with Gasteiger partial charge < -0.3 is 80.1 Å². The summed E-state index contributed by atoms with van der Waals surface area (Å²) in [6, 6.07) is -0.790. The number of hydrogen-bond donors (Lipinski definition) is 11. The number of β-amino-alcohol motifs (C(OH)–C–C–N with tert-alkyl or cyclic N) is 1. The monoisotopic (exact) mass is 1510 g/mol. The molecule has 0 spiro atoms. The van der Waals surface area contributed by atoms with Crippen LogP contribution in [0, 0.1) is 0 Å². The summed E-state index contributed by atoms with van der Waals surface area (Å²) in [5.74, 6) is -0.955. The summed E-state index contributed by atoms with van der Waals surface area (Å²) in [5.41, 5.74) is 5.19. The summed E-state index contributed by atoms with van der Waals surface area (Å²) >= 11 is 0. The summed E-state index contributed by atoms with van der Waals surface area (Å²) in [7, 11) is -7.98. The van der Waals surface area contributed by atoms with Gasteiger partial charge in [-0.1, -0.05) is 19.3 Å². The van der Waals surface area contributed by atoms with Crippen molar-refractivity contribution in [2.75, 3.05) is 105 Å². The van der Waals surface area contributed by atoms with E-state index in [0.29, 0.717) is 154 Å². The maximum atomic E-state index is 14.0. The number of ether oxygens (including phenoxy) is 5. The molecule has 0 saturated carbocycles. The van der Waals surface area contributed by atoms with Crippen LogP contribution < -0.4 is 21.7 Å². The van der Waals surface area contributed by atoms with E-state index >= 15 is 0 Å². The molecule has 35 heteroatoms. The van der Waals surface area contributed by atoms with Gasteiger partial charge in [-0.15, -0.1) is 4.52 Å². The fourth-order valence-electron chi connectivity index (χ4n) is 11.5. The number of nitrogens with two attached hydrogens (primary N) is 1. The van der Waals surface area contributed by atoms with E-state index in [4.69, 9.17) is 58.3 Å². The number of methoxy groups -OCH3 is 1. The molecule has 4 amide bonds. The minimum absolute atomic E-state index is 0.0118. The summed E-state index contributed by atoms with van der Waals surface area (Å²) < 4.78 is 61.3. The maximum Gasteiger partial charge on any atom is 0.570 e. The van der Waals surface area contributed by atoms with Gasteiger partial charge in [0.05, 0.1) is 64.7 Å². The quantitative estimate of drug-likeness (QED) is 0.0306. The molecule has 4 rings (SSSR count). The average molecular weight is 1510 g/mol. The number of nitrogen functional groups attached to an aromatic ring is 1. The van der Waals surface area contributed by atoms with Crippen LogP contribution in [-0.4, -0.2) is 241 Å². The Bertz CT molecular complexity index is 2790. The highest BCUT2D eigenvalue weighted by atomic mass is 31.2. The predicted molar refractivity (Wildman–Crippen MR) is 378 cm³/mol. The molecule has 0 radical (unpaired) electrons. The van der Waals surface area contributed by atoms with Crippen molar-refractivity contribution in [2.45, 2.75) is 254 Å². The number of amides is 4. The number of fused-ring (bicyclic) bond motifs is 1. The molecule has 2 aliphatic heterocycles. The Labute approximate surface area is 605 Å². The number of likely N-dealkylation sites (tertiary alicyclic amines) is 1. The van der Waals surface area contributed by atoms with Gasteiger partial charge in [0.15, 0.2) is 16.8 Å². The molecule has 0 bridgehead atoms. The molecule has 33 nitrogen and oxygen atoms in total. The van der Waals surface area contributed by atoms with E-state index in [1.165, 1.54) is 43.1 Å². The lowest BCUT2D eigenvalue weighted by Gasteiger charge is -2.34. The van der Waals surface area contributed by atoms with Gasteiger partial charge in [0.25, 0.3) is 0 Å². The van der Waals surface area contributed by atoms with E-state index in [-0.39, 0.29) is 182 Å². The van der Waals surface area contributed by atoms with Crippen LogP contribution in [0.3, 0.4) is 0 Å². The first-order valence-electron chi connectivity index (χ1n) is 36.5. The first-order chi connectivity index (χ1) is 49.3. The first-order valence-corrected chi connectivity index (χ1v) is 39.6. The lowest BCUT2D eigenvalue weighted by molar-refractivity contribution is -0.133. The van der Waals surface area contributed by atoms with E-state index in [1.807, 2.05) is 0 Å². The van der Waals surface area contributed by atoms with Crippen molar-refractivity contribution in [3.8, 4) is 0 Å². The number of rotatable bonds is 62. The van der Waals surface area contributed by atoms with Gasteiger partial charge in [-0.05, 0) is 110 Å². The molecule has 2 aromatic rings. The zero-order valence-corrected chi connectivity index (χ0v) is 62.4. The van der Waals surface area contributed by atoms with Crippen LogP contribution in [0.5, 0.6) is 0 Å². The number of imidazole rings is 1. The second kappa shape index (κ2) is 49.8. The summed E-state index contributed by atoms with van der Waals surface area (Å²) in [6.07, 6.45) is 10.4. The number of nitrogens with zero attached hydrogens (tertiary/aromatic N) is 5. The molecule has 2 fully saturated rings. The first kappa shape index (κ1) is 90.4. The third-order valence-corrected chi connectivity index (χ3v) is 20.9. The molecule has 0 aromatic carbocycles. The summed E-state index contributed by atoms with van der Waals surface area (Å²) in [5, 5.41) is 44.8. The minimum Gasteiger partial charge on any atom is -0.396 e. The normalized spacial score (nSPS) is 18.2. The van der Waals surface area contributed by atoms with Crippen molar-refractivity contribution in [1.29, 1.82) is 0 Å². The number of unbranched alkanes of at least 4 members (excludes halogenated alkanes) is 10. The third kappa shape index (κ3) is 36.0. The van der Waals surface area contributed by atoms with Gasteiger partial charge in [-0.3, -0.25) is 47.5 Å². The van der Waals surface area contributed by atoms with Crippen LogP contribution >= 0.6 is 15.8 Å². The van der Waals surface area contributed by atoms with Gasteiger partial charge in [-0.2, -0.15) is 14.3 Å². The number of aliphatic hydroxyl groups is 4. The molecule has 588 valence electrons. The smallest absolute Gasteiger partial charge is 0.396 e. The highest BCUT2D eigenvalue weighted by molar-refractivity contribution is 7.54. The number of aromatic nitrogens is 4. The molecule has 2 aliphatic rings. The Morgan fingerprint density at radius 1 is 0.621 bits per heavy atom.